The summed E-state index contributed by atoms with van der Waals surface area (Å²) in [6.45, 7) is 2.27. The quantitative estimate of drug-likeness (QED) is 0.897. The highest BCUT2D eigenvalue weighted by Gasteiger charge is 2.18. The van der Waals surface area contributed by atoms with Crippen LogP contribution in [0.2, 0.25) is 0 Å². The molecular formula is C13H16BrF2NO2. The van der Waals surface area contributed by atoms with Gasteiger partial charge in [0.05, 0.1) is 0 Å². The van der Waals surface area contributed by atoms with Crippen molar-refractivity contribution < 1.29 is 18.6 Å². The van der Waals surface area contributed by atoms with Crippen LogP contribution in [0.3, 0.4) is 0 Å². The Bertz CT molecular complexity index is 416. The van der Waals surface area contributed by atoms with Gasteiger partial charge in [0.1, 0.15) is 12.7 Å². The van der Waals surface area contributed by atoms with Crippen molar-refractivity contribution in [1.82, 2.24) is 4.90 Å². The van der Waals surface area contributed by atoms with E-state index >= 15 is 0 Å². The van der Waals surface area contributed by atoms with Crippen LogP contribution >= 0.6 is 15.9 Å². The minimum Gasteiger partial charge on any atom is -0.485 e. The van der Waals surface area contributed by atoms with E-state index in [4.69, 9.17) is 4.74 Å². The number of benzene rings is 1. The summed E-state index contributed by atoms with van der Waals surface area (Å²) in [7, 11) is 0. The predicted octanol–water partition coefficient (Wildman–Crippen LogP) is 2.56. The van der Waals surface area contributed by atoms with E-state index in [-0.39, 0.29) is 6.61 Å². The number of β-amino-alcohol motifs (C(OH)–C–C–N with tert-alkyl or cyclic N) is 1. The molecule has 1 saturated heterocycles. The average Bonchev–Trinajstić information content (AvgIpc) is 2.80. The van der Waals surface area contributed by atoms with Crippen molar-refractivity contribution >= 4 is 15.9 Å². The van der Waals surface area contributed by atoms with Crippen LogP contribution in [0.1, 0.15) is 12.8 Å². The molecule has 0 aromatic heterocycles. The van der Waals surface area contributed by atoms with Crippen LogP contribution in [0.15, 0.2) is 16.6 Å². The fourth-order valence-corrected chi connectivity index (χ4v) is 2.56. The van der Waals surface area contributed by atoms with Crippen molar-refractivity contribution in [3.8, 4) is 5.75 Å². The fraction of sp³-hybridized carbons (Fsp3) is 0.538. The molecule has 0 spiro atoms. The maximum absolute atomic E-state index is 13.5. The smallest absolute Gasteiger partial charge is 0.190 e. The minimum atomic E-state index is -0.778. The van der Waals surface area contributed by atoms with Gasteiger partial charge in [-0.1, -0.05) is 15.9 Å². The third kappa shape index (κ3) is 4.12. The lowest BCUT2D eigenvalue weighted by Crippen LogP contribution is -2.33. The van der Waals surface area contributed by atoms with Gasteiger partial charge in [-0.2, -0.15) is 0 Å². The van der Waals surface area contributed by atoms with Gasteiger partial charge < -0.3 is 14.7 Å². The molecule has 1 aromatic carbocycles. The molecule has 1 N–H and O–H groups in total. The highest BCUT2D eigenvalue weighted by atomic mass is 79.9. The Balaban J connectivity index is 1.87. The summed E-state index contributed by atoms with van der Waals surface area (Å²) in [5.41, 5.74) is 0. The molecule has 1 atom stereocenters. The highest BCUT2D eigenvalue weighted by molar-refractivity contribution is 9.10. The van der Waals surface area contributed by atoms with Crippen LogP contribution < -0.4 is 4.74 Å². The summed E-state index contributed by atoms with van der Waals surface area (Å²) in [5.74, 6) is -2.00. The Labute approximate surface area is 119 Å². The zero-order chi connectivity index (χ0) is 13.8. The number of rotatable bonds is 5. The Morgan fingerprint density at radius 2 is 1.84 bits per heavy atom. The third-order valence-corrected chi connectivity index (χ3v) is 3.51. The zero-order valence-electron chi connectivity index (χ0n) is 10.4. The molecule has 0 saturated carbocycles. The standard InChI is InChI=1S/C13H16BrF2NO2/c14-9-5-11(15)13(12(16)6-9)19-8-10(18)7-17-3-1-2-4-17/h5-6,10,18H,1-4,7-8H2/t10-/m0/s1. The molecule has 0 bridgehead atoms. The molecule has 0 unspecified atom stereocenters. The lowest BCUT2D eigenvalue weighted by molar-refractivity contribution is 0.0725. The number of hydrogen-bond donors (Lipinski definition) is 1. The first-order valence-electron chi connectivity index (χ1n) is 6.24. The number of aliphatic hydroxyl groups is 1. The van der Waals surface area contributed by atoms with Gasteiger partial charge in [-0.3, -0.25) is 0 Å². The molecule has 3 nitrogen and oxygen atoms in total. The Kier molecular flexibility index (Phi) is 5.13. The normalized spacial score (nSPS) is 17.7. The van der Waals surface area contributed by atoms with E-state index in [9.17, 15) is 13.9 Å². The maximum Gasteiger partial charge on any atom is 0.190 e. The van der Waals surface area contributed by atoms with E-state index in [1.807, 2.05) is 0 Å². The van der Waals surface area contributed by atoms with Crippen LogP contribution in [0.25, 0.3) is 0 Å². The first-order chi connectivity index (χ1) is 9.06. The van der Waals surface area contributed by atoms with Crippen LogP contribution in [0, 0.1) is 11.6 Å². The monoisotopic (exact) mass is 335 g/mol. The molecule has 6 heteroatoms. The summed E-state index contributed by atoms with van der Waals surface area (Å²) in [5, 5.41) is 9.79. The number of aliphatic hydroxyl groups excluding tert-OH is 1. The molecule has 0 amide bonds. The second-order valence-electron chi connectivity index (χ2n) is 4.67. The van der Waals surface area contributed by atoms with Crippen molar-refractivity contribution in [2.75, 3.05) is 26.2 Å². The summed E-state index contributed by atoms with van der Waals surface area (Å²) < 4.78 is 32.3. The van der Waals surface area contributed by atoms with Gasteiger partial charge in [0.2, 0.25) is 0 Å². The zero-order valence-corrected chi connectivity index (χ0v) is 12.0. The summed E-state index contributed by atoms with van der Waals surface area (Å²) in [4.78, 5) is 2.11. The fourth-order valence-electron chi connectivity index (χ4n) is 2.16. The van der Waals surface area contributed by atoms with E-state index in [0.29, 0.717) is 11.0 Å². The van der Waals surface area contributed by atoms with E-state index < -0.39 is 23.5 Å². The van der Waals surface area contributed by atoms with Gasteiger partial charge in [0.25, 0.3) is 0 Å². The van der Waals surface area contributed by atoms with Crippen LogP contribution in [-0.2, 0) is 0 Å². The molecule has 1 aliphatic rings. The molecule has 19 heavy (non-hydrogen) atoms. The van der Waals surface area contributed by atoms with Gasteiger partial charge >= 0.3 is 0 Å². The highest BCUT2D eigenvalue weighted by Crippen LogP contribution is 2.26. The molecule has 106 valence electrons. The largest absolute Gasteiger partial charge is 0.485 e. The Hall–Kier alpha value is -0.720. The van der Waals surface area contributed by atoms with Crippen molar-refractivity contribution in [2.45, 2.75) is 18.9 Å². The number of halogens is 3. The summed E-state index contributed by atoms with van der Waals surface area (Å²) >= 11 is 2.99. The van der Waals surface area contributed by atoms with E-state index in [2.05, 4.69) is 20.8 Å². The number of nitrogens with zero attached hydrogens (tertiary/aromatic N) is 1. The topological polar surface area (TPSA) is 32.7 Å². The average molecular weight is 336 g/mol. The number of ether oxygens (including phenoxy) is 1. The molecule has 0 aliphatic carbocycles. The summed E-state index contributed by atoms with van der Waals surface area (Å²) in [6.07, 6.45) is 1.51. The Morgan fingerprint density at radius 3 is 2.42 bits per heavy atom. The molecule has 2 rings (SSSR count). The molecule has 0 radical (unpaired) electrons. The lowest BCUT2D eigenvalue weighted by atomic mass is 10.3. The van der Waals surface area contributed by atoms with E-state index in [0.717, 1.165) is 38.1 Å². The van der Waals surface area contributed by atoms with Gasteiger partial charge in [-0.05, 0) is 38.1 Å². The Morgan fingerprint density at radius 1 is 1.26 bits per heavy atom. The maximum atomic E-state index is 13.5. The van der Waals surface area contributed by atoms with Crippen molar-refractivity contribution in [3.63, 3.8) is 0 Å². The first-order valence-corrected chi connectivity index (χ1v) is 7.03. The van der Waals surface area contributed by atoms with Crippen molar-refractivity contribution in [2.24, 2.45) is 0 Å². The van der Waals surface area contributed by atoms with Crippen molar-refractivity contribution in [3.05, 3.63) is 28.2 Å². The summed E-state index contributed by atoms with van der Waals surface area (Å²) in [6, 6.07) is 2.26. The van der Waals surface area contributed by atoms with Crippen LogP contribution in [0.4, 0.5) is 8.78 Å². The molecule has 1 heterocycles. The minimum absolute atomic E-state index is 0.119. The second-order valence-corrected chi connectivity index (χ2v) is 5.59. The molecule has 1 fully saturated rings. The molecular weight excluding hydrogens is 320 g/mol. The van der Waals surface area contributed by atoms with Crippen molar-refractivity contribution in [1.29, 1.82) is 0 Å². The SMILES string of the molecule is O[C@H](COc1c(F)cc(Br)cc1F)CN1CCCC1. The lowest BCUT2D eigenvalue weighted by Gasteiger charge is -2.19. The number of likely N-dealkylation sites (tertiary alicyclic amines) is 1. The predicted molar refractivity (Wildman–Crippen MR) is 71.2 cm³/mol. The first kappa shape index (κ1) is 14.7. The van der Waals surface area contributed by atoms with E-state index in [1.54, 1.807) is 0 Å². The van der Waals surface area contributed by atoms with E-state index in [1.165, 1.54) is 0 Å². The second kappa shape index (κ2) is 6.63. The van der Waals surface area contributed by atoms with Crippen LogP contribution in [-0.4, -0.2) is 42.4 Å². The third-order valence-electron chi connectivity index (χ3n) is 3.05. The van der Waals surface area contributed by atoms with Gasteiger partial charge in [0.15, 0.2) is 17.4 Å². The molecule has 1 aromatic rings. The van der Waals surface area contributed by atoms with Gasteiger partial charge in [0, 0.05) is 11.0 Å². The van der Waals surface area contributed by atoms with Crippen LogP contribution in [0.5, 0.6) is 5.75 Å². The molecule has 1 aliphatic heterocycles. The van der Waals surface area contributed by atoms with Gasteiger partial charge in [-0.15, -0.1) is 0 Å². The number of hydrogen-bond acceptors (Lipinski definition) is 3. The van der Waals surface area contributed by atoms with Gasteiger partial charge in [-0.25, -0.2) is 8.78 Å².